The van der Waals surface area contributed by atoms with Crippen LogP contribution in [0.15, 0.2) is 82.2 Å². The first-order valence-corrected chi connectivity index (χ1v) is 10.0. The fourth-order valence-corrected chi connectivity index (χ4v) is 3.58. The number of hydrogen-bond donors (Lipinski definition) is 2. The van der Waals surface area contributed by atoms with Crippen LogP contribution in [-0.4, -0.2) is 19.5 Å². The number of hydrogen-bond acceptors (Lipinski definition) is 4. The summed E-state index contributed by atoms with van der Waals surface area (Å²) >= 11 is 3.34. The summed E-state index contributed by atoms with van der Waals surface area (Å²) in [6.45, 7) is 0. The van der Waals surface area contributed by atoms with E-state index in [0.717, 1.165) is 4.47 Å². The first kappa shape index (κ1) is 18.9. The minimum Gasteiger partial charge on any atom is -0.478 e. The average molecular weight is 448 g/mol. The molecule has 0 heterocycles. The van der Waals surface area contributed by atoms with Gasteiger partial charge in [0.25, 0.3) is 10.0 Å². The van der Waals surface area contributed by atoms with E-state index in [9.17, 15) is 13.2 Å². The van der Waals surface area contributed by atoms with Crippen molar-refractivity contribution >= 4 is 37.6 Å². The van der Waals surface area contributed by atoms with Crippen LogP contribution >= 0.6 is 15.9 Å². The number of para-hydroxylation sites is 2. The number of carboxylic acids is 1. The molecule has 3 aromatic carbocycles. The maximum Gasteiger partial charge on any atom is 0.335 e. The second-order valence-corrected chi connectivity index (χ2v) is 8.09. The zero-order valence-corrected chi connectivity index (χ0v) is 16.2. The fourth-order valence-electron chi connectivity index (χ4n) is 2.25. The van der Waals surface area contributed by atoms with E-state index in [1.165, 1.54) is 24.3 Å². The second-order valence-electron chi connectivity index (χ2n) is 5.49. The van der Waals surface area contributed by atoms with Gasteiger partial charge in [-0.2, -0.15) is 0 Å². The molecule has 0 radical (unpaired) electrons. The first-order chi connectivity index (χ1) is 12.8. The highest BCUT2D eigenvalue weighted by Gasteiger charge is 2.17. The van der Waals surface area contributed by atoms with Crippen LogP contribution in [0.1, 0.15) is 10.4 Å². The van der Waals surface area contributed by atoms with Crippen LogP contribution in [0.4, 0.5) is 5.69 Å². The molecule has 0 amide bonds. The summed E-state index contributed by atoms with van der Waals surface area (Å²) in [5.41, 5.74) is 0.274. The standard InChI is InChI=1S/C19H14BrNO5S/c20-14-7-9-15(10-8-14)26-18-4-2-1-3-17(18)21-27(24,25)16-11-5-13(6-12-16)19(22)23/h1-12,21H,(H,22,23). The van der Waals surface area contributed by atoms with Gasteiger partial charge in [0.05, 0.1) is 16.1 Å². The van der Waals surface area contributed by atoms with Gasteiger partial charge in [-0.25, -0.2) is 13.2 Å². The highest BCUT2D eigenvalue weighted by Crippen LogP contribution is 2.31. The number of benzene rings is 3. The highest BCUT2D eigenvalue weighted by atomic mass is 79.9. The van der Waals surface area contributed by atoms with Gasteiger partial charge in [0.15, 0.2) is 5.75 Å². The molecule has 0 bridgehead atoms. The quantitative estimate of drug-likeness (QED) is 0.568. The number of aromatic carboxylic acids is 1. The number of nitrogens with one attached hydrogen (secondary N) is 1. The lowest BCUT2D eigenvalue weighted by Crippen LogP contribution is -2.13. The molecule has 2 N–H and O–H groups in total. The lowest BCUT2D eigenvalue weighted by Gasteiger charge is -2.13. The van der Waals surface area contributed by atoms with E-state index < -0.39 is 16.0 Å². The molecule has 27 heavy (non-hydrogen) atoms. The Labute approximate surface area is 164 Å². The molecule has 3 aromatic rings. The molecule has 0 aliphatic rings. The number of carboxylic acid groups (broad SMARTS) is 1. The summed E-state index contributed by atoms with van der Waals surface area (Å²) in [7, 11) is -3.91. The minimum atomic E-state index is -3.91. The largest absolute Gasteiger partial charge is 0.478 e. The lowest BCUT2D eigenvalue weighted by atomic mass is 10.2. The van der Waals surface area contributed by atoms with E-state index in [0.29, 0.717) is 11.5 Å². The molecule has 0 aliphatic carbocycles. The number of sulfonamides is 1. The Kier molecular flexibility index (Phi) is 5.48. The third kappa shape index (κ3) is 4.66. The molecule has 6 nitrogen and oxygen atoms in total. The number of anilines is 1. The van der Waals surface area contributed by atoms with Gasteiger partial charge < -0.3 is 9.84 Å². The van der Waals surface area contributed by atoms with Crippen LogP contribution in [0.25, 0.3) is 0 Å². The van der Waals surface area contributed by atoms with Gasteiger partial charge in [-0.3, -0.25) is 4.72 Å². The van der Waals surface area contributed by atoms with E-state index in [-0.39, 0.29) is 16.1 Å². The van der Waals surface area contributed by atoms with Crippen molar-refractivity contribution in [2.45, 2.75) is 4.90 Å². The highest BCUT2D eigenvalue weighted by molar-refractivity contribution is 9.10. The SMILES string of the molecule is O=C(O)c1ccc(S(=O)(=O)Nc2ccccc2Oc2ccc(Br)cc2)cc1. The first-order valence-electron chi connectivity index (χ1n) is 7.74. The van der Waals surface area contributed by atoms with Crippen LogP contribution in [0.5, 0.6) is 11.5 Å². The van der Waals surface area contributed by atoms with Crippen LogP contribution < -0.4 is 9.46 Å². The second kappa shape index (κ2) is 7.81. The summed E-state index contributed by atoms with van der Waals surface area (Å²) in [6, 6.07) is 18.7. The Morgan fingerprint density at radius 1 is 0.926 bits per heavy atom. The molecule has 0 unspecified atom stereocenters. The van der Waals surface area contributed by atoms with Crippen molar-refractivity contribution in [3.63, 3.8) is 0 Å². The van der Waals surface area contributed by atoms with Crippen LogP contribution in [0, 0.1) is 0 Å². The molecule has 138 valence electrons. The molecule has 0 saturated heterocycles. The third-order valence-corrected chi connectivity index (χ3v) is 5.49. The van der Waals surface area contributed by atoms with Gasteiger partial charge in [0.1, 0.15) is 5.75 Å². The molecular weight excluding hydrogens is 434 g/mol. The molecule has 0 atom stereocenters. The zero-order chi connectivity index (χ0) is 19.4. The number of carbonyl (C=O) groups is 1. The number of rotatable bonds is 6. The lowest BCUT2D eigenvalue weighted by molar-refractivity contribution is 0.0696. The monoisotopic (exact) mass is 447 g/mol. The summed E-state index contributed by atoms with van der Waals surface area (Å²) in [5.74, 6) is -0.235. The van der Waals surface area contributed by atoms with Gasteiger partial charge in [0, 0.05) is 4.47 Å². The molecule has 3 rings (SSSR count). The minimum absolute atomic E-state index is 0.00734. The topological polar surface area (TPSA) is 92.7 Å². The predicted octanol–water partition coefficient (Wildman–Crippen LogP) is 4.74. The normalized spacial score (nSPS) is 11.0. The summed E-state index contributed by atoms with van der Waals surface area (Å²) in [5, 5.41) is 8.92. The smallest absolute Gasteiger partial charge is 0.335 e. The number of halogens is 1. The molecule has 0 aliphatic heterocycles. The van der Waals surface area contributed by atoms with E-state index in [1.807, 2.05) is 12.1 Å². The Hall–Kier alpha value is -2.84. The van der Waals surface area contributed by atoms with Crippen molar-refractivity contribution in [1.29, 1.82) is 0 Å². The molecule has 0 aromatic heterocycles. The van der Waals surface area contributed by atoms with Crippen molar-refractivity contribution in [2.24, 2.45) is 0 Å². The number of ether oxygens (including phenoxy) is 1. The molecular formula is C19H14BrNO5S. The van der Waals surface area contributed by atoms with Crippen molar-refractivity contribution in [3.8, 4) is 11.5 Å². The van der Waals surface area contributed by atoms with Crippen LogP contribution in [0.2, 0.25) is 0 Å². The van der Waals surface area contributed by atoms with Crippen LogP contribution in [-0.2, 0) is 10.0 Å². The van der Waals surface area contributed by atoms with Crippen molar-refractivity contribution in [2.75, 3.05) is 4.72 Å². The van der Waals surface area contributed by atoms with Crippen molar-refractivity contribution in [3.05, 3.63) is 82.8 Å². The van der Waals surface area contributed by atoms with Gasteiger partial charge in [0.2, 0.25) is 0 Å². The molecule has 0 fully saturated rings. The molecule has 0 spiro atoms. The van der Waals surface area contributed by atoms with E-state index >= 15 is 0 Å². The zero-order valence-electron chi connectivity index (χ0n) is 13.8. The van der Waals surface area contributed by atoms with E-state index in [1.54, 1.807) is 36.4 Å². The van der Waals surface area contributed by atoms with Crippen molar-refractivity contribution < 1.29 is 23.1 Å². The summed E-state index contributed by atoms with van der Waals surface area (Å²) in [6.07, 6.45) is 0. The fraction of sp³-hybridized carbons (Fsp3) is 0. The third-order valence-electron chi connectivity index (χ3n) is 3.58. The van der Waals surface area contributed by atoms with Crippen LogP contribution in [0.3, 0.4) is 0 Å². The maximum absolute atomic E-state index is 12.6. The molecule has 8 heteroatoms. The average Bonchev–Trinajstić information content (AvgIpc) is 2.65. The van der Waals surface area contributed by atoms with E-state index in [2.05, 4.69) is 20.7 Å². The Bertz CT molecular complexity index is 1060. The van der Waals surface area contributed by atoms with Gasteiger partial charge >= 0.3 is 5.97 Å². The summed E-state index contributed by atoms with van der Waals surface area (Å²) < 4.78 is 34.4. The Morgan fingerprint density at radius 2 is 1.56 bits per heavy atom. The Morgan fingerprint density at radius 3 is 2.19 bits per heavy atom. The predicted molar refractivity (Wildman–Crippen MR) is 105 cm³/mol. The Balaban J connectivity index is 1.86. The maximum atomic E-state index is 12.6. The molecule has 0 saturated carbocycles. The van der Waals surface area contributed by atoms with Gasteiger partial charge in [-0.05, 0) is 60.7 Å². The van der Waals surface area contributed by atoms with E-state index in [4.69, 9.17) is 9.84 Å². The van der Waals surface area contributed by atoms with Crippen molar-refractivity contribution in [1.82, 2.24) is 0 Å². The van der Waals surface area contributed by atoms with Gasteiger partial charge in [-0.15, -0.1) is 0 Å². The van der Waals surface area contributed by atoms with Gasteiger partial charge in [-0.1, -0.05) is 28.1 Å². The summed E-state index contributed by atoms with van der Waals surface area (Å²) in [4.78, 5) is 10.9.